The molecule has 1 unspecified atom stereocenters. The van der Waals surface area contributed by atoms with Crippen LogP contribution in [0.2, 0.25) is 0 Å². The molecule has 0 fully saturated rings. The van der Waals surface area contributed by atoms with Gasteiger partial charge in [0.15, 0.2) is 6.29 Å². The van der Waals surface area contributed by atoms with Crippen molar-refractivity contribution in [2.24, 2.45) is 0 Å². The third-order valence-corrected chi connectivity index (χ3v) is 2.80. The average molecular weight is 271 g/mol. The molecule has 0 radical (unpaired) electrons. The Labute approximate surface area is 111 Å². The first kappa shape index (κ1) is 15.4. The number of ether oxygens (including phenoxy) is 2. The van der Waals surface area contributed by atoms with E-state index in [9.17, 15) is 14.3 Å². The Bertz CT molecular complexity index is 451. The lowest BCUT2D eigenvalue weighted by molar-refractivity contribution is -0.0789. The van der Waals surface area contributed by atoms with E-state index in [1.165, 1.54) is 26.4 Å². The summed E-state index contributed by atoms with van der Waals surface area (Å²) in [6.45, 7) is 0. The molecular weight excluding hydrogens is 253 g/mol. The highest BCUT2D eigenvalue weighted by Crippen LogP contribution is 2.21. The fourth-order valence-corrected chi connectivity index (χ4v) is 1.70. The van der Waals surface area contributed by atoms with Crippen LogP contribution in [0, 0.1) is 5.82 Å². The molecule has 1 aromatic rings. The van der Waals surface area contributed by atoms with Crippen molar-refractivity contribution in [2.45, 2.75) is 25.6 Å². The van der Waals surface area contributed by atoms with Crippen LogP contribution < -0.4 is 5.73 Å². The van der Waals surface area contributed by atoms with Gasteiger partial charge in [0.1, 0.15) is 5.82 Å². The number of rotatable bonds is 6. The Morgan fingerprint density at radius 2 is 2.16 bits per heavy atom. The number of aryl methyl sites for hydroxylation is 1. The van der Waals surface area contributed by atoms with Crippen molar-refractivity contribution in [3.63, 3.8) is 0 Å². The normalized spacial score (nSPS) is 12.2. The molecule has 0 saturated carbocycles. The van der Waals surface area contributed by atoms with E-state index >= 15 is 0 Å². The second-order valence-electron chi connectivity index (χ2n) is 4.11. The van der Waals surface area contributed by atoms with Crippen molar-refractivity contribution in [3.05, 3.63) is 29.1 Å². The Hall–Kier alpha value is -1.66. The van der Waals surface area contributed by atoms with E-state index in [2.05, 4.69) is 4.74 Å². The Balaban J connectivity index is 2.76. The van der Waals surface area contributed by atoms with Crippen LogP contribution in [0.4, 0.5) is 10.1 Å². The third-order valence-electron chi connectivity index (χ3n) is 2.80. The van der Waals surface area contributed by atoms with Crippen LogP contribution in [0.15, 0.2) is 12.1 Å². The van der Waals surface area contributed by atoms with Gasteiger partial charge in [-0.15, -0.1) is 0 Å². The van der Waals surface area contributed by atoms with Crippen LogP contribution in [-0.2, 0) is 15.9 Å². The molecule has 0 aliphatic carbocycles. The summed E-state index contributed by atoms with van der Waals surface area (Å²) >= 11 is 0. The van der Waals surface area contributed by atoms with Gasteiger partial charge in [0.25, 0.3) is 0 Å². The Morgan fingerprint density at radius 1 is 1.47 bits per heavy atom. The smallest absolute Gasteiger partial charge is 0.340 e. The minimum Gasteiger partial charge on any atom is -0.465 e. The number of benzene rings is 1. The monoisotopic (exact) mass is 271 g/mol. The van der Waals surface area contributed by atoms with E-state index in [1.54, 1.807) is 0 Å². The largest absolute Gasteiger partial charge is 0.465 e. The number of halogens is 1. The van der Waals surface area contributed by atoms with E-state index in [0.717, 1.165) is 0 Å². The highest BCUT2D eigenvalue weighted by atomic mass is 19.1. The van der Waals surface area contributed by atoms with Crippen molar-refractivity contribution < 1.29 is 23.8 Å². The first-order valence-corrected chi connectivity index (χ1v) is 5.86. The van der Waals surface area contributed by atoms with Crippen molar-refractivity contribution in [1.29, 1.82) is 0 Å². The quantitative estimate of drug-likeness (QED) is 0.465. The van der Waals surface area contributed by atoms with Crippen molar-refractivity contribution in [1.82, 2.24) is 0 Å². The molecule has 0 saturated heterocycles. The summed E-state index contributed by atoms with van der Waals surface area (Å²) in [5.74, 6) is -1.42. The fourth-order valence-electron chi connectivity index (χ4n) is 1.70. The van der Waals surface area contributed by atoms with Crippen LogP contribution in [-0.4, -0.2) is 31.6 Å². The van der Waals surface area contributed by atoms with Crippen LogP contribution in [0.3, 0.4) is 0 Å². The molecule has 0 bridgehead atoms. The fraction of sp³-hybridized carbons (Fsp3) is 0.462. The van der Waals surface area contributed by atoms with Crippen LogP contribution in [0.1, 0.15) is 28.8 Å². The highest BCUT2D eigenvalue weighted by Gasteiger charge is 2.15. The number of hydrogen-bond acceptors (Lipinski definition) is 5. The van der Waals surface area contributed by atoms with E-state index < -0.39 is 18.1 Å². The first-order chi connectivity index (χ1) is 8.99. The topological polar surface area (TPSA) is 81.8 Å². The molecular formula is C13H18FNO4. The maximum Gasteiger partial charge on any atom is 0.340 e. The summed E-state index contributed by atoms with van der Waals surface area (Å²) in [5, 5.41) is 9.22. The zero-order valence-corrected chi connectivity index (χ0v) is 11.0. The number of anilines is 1. The predicted octanol–water partition coefficient (Wildman–Crippen LogP) is 1.48. The molecule has 1 rings (SSSR count). The molecule has 5 nitrogen and oxygen atoms in total. The van der Waals surface area contributed by atoms with Gasteiger partial charge in [-0.2, -0.15) is 0 Å². The van der Waals surface area contributed by atoms with Crippen LogP contribution in [0.5, 0.6) is 0 Å². The van der Waals surface area contributed by atoms with Gasteiger partial charge in [-0.05, 0) is 37.0 Å². The molecule has 0 amide bonds. The lowest BCUT2D eigenvalue weighted by atomic mass is 10.0. The van der Waals surface area contributed by atoms with Gasteiger partial charge < -0.3 is 20.3 Å². The minimum atomic E-state index is -0.833. The Morgan fingerprint density at radius 3 is 2.74 bits per heavy atom. The van der Waals surface area contributed by atoms with Gasteiger partial charge in [0, 0.05) is 12.8 Å². The molecule has 0 spiro atoms. The van der Waals surface area contributed by atoms with Crippen molar-refractivity contribution in [3.8, 4) is 0 Å². The number of aliphatic hydroxyl groups is 1. The van der Waals surface area contributed by atoms with Gasteiger partial charge in [0.2, 0.25) is 0 Å². The molecule has 3 N–H and O–H groups in total. The van der Waals surface area contributed by atoms with Gasteiger partial charge in [0.05, 0.1) is 12.7 Å². The van der Waals surface area contributed by atoms with Crippen LogP contribution in [0.25, 0.3) is 0 Å². The van der Waals surface area contributed by atoms with Crippen molar-refractivity contribution >= 4 is 11.7 Å². The second-order valence-corrected chi connectivity index (χ2v) is 4.11. The second kappa shape index (κ2) is 7.06. The lowest BCUT2D eigenvalue weighted by Gasteiger charge is -2.11. The molecule has 106 valence electrons. The van der Waals surface area contributed by atoms with Gasteiger partial charge >= 0.3 is 5.97 Å². The summed E-state index contributed by atoms with van der Waals surface area (Å²) in [6.07, 6.45) is 0.678. The molecule has 0 heterocycles. The summed E-state index contributed by atoms with van der Waals surface area (Å²) in [4.78, 5) is 11.3. The average Bonchev–Trinajstić information content (AvgIpc) is 2.41. The third kappa shape index (κ3) is 4.18. The highest BCUT2D eigenvalue weighted by molar-refractivity contribution is 5.90. The molecule has 0 aliphatic rings. The maximum atomic E-state index is 13.7. The van der Waals surface area contributed by atoms with Gasteiger partial charge in [-0.3, -0.25) is 0 Å². The zero-order valence-electron chi connectivity index (χ0n) is 11.0. The number of hydrogen-bond donors (Lipinski definition) is 2. The standard InChI is InChI=1S/C13H18FNO4/c1-18-12(16)5-3-4-8-6-10(14)9(7-11(8)15)13(17)19-2/h6-7,12,16H,3-5,15H2,1-2H3. The van der Waals surface area contributed by atoms with Crippen molar-refractivity contribution in [2.75, 3.05) is 20.0 Å². The number of carbonyl (C=O) groups excluding carboxylic acids is 1. The number of aliphatic hydroxyl groups excluding tert-OH is 1. The number of esters is 1. The number of carbonyl (C=O) groups is 1. The van der Waals surface area contributed by atoms with Crippen LogP contribution >= 0.6 is 0 Å². The van der Waals surface area contributed by atoms with Gasteiger partial charge in [-0.1, -0.05) is 0 Å². The summed E-state index contributed by atoms with van der Waals surface area (Å²) in [6, 6.07) is 2.49. The maximum absolute atomic E-state index is 13.7. The zero-order chi connectivity index (χ0) is 14.4. The number of nitrogen functional groups attached to an aromatic ring is 1. The molecule has 19 heavy (non-hydrogen) atoms. The van der Waals surface area contributed by atoms with E-state index in [4.69, 9.17) is 10.5 Å². The molecule has 0 aromatic heterocycles. The summed E-state index contributed by atoms with van der Waals surface area (Å²) < 4.78 is 22.8. The molecule has 1 atom stereocenters. The van der Waals surface area contributed by atoms with E-state index in [-0.39, 0.29) is 5.56 Å². The van der Waals surface area contributed by atoms with E-state index in [1.807, 2.05) is 0 Å². The Kier molecular flexibility index (Phi) is 5.72. The van der Waals surface area contributed by atoms with Gasteiger partial charge in [-0.25, -0.2) is 9.18 Å². The van der Waals surface area contributed by atoms with E-state index in [0.29, 0.717) is 30.5 Å². The SMILES string of the molecule is COC(=O)c1cc(N)c(CCCC(O)OC)cc1F. The molecule has 0 aliphatic heterocycles. The molecule has 6 heteroatoms. The lowest BCUT2D eigenvalue weighted by Crippen LogP contribution is -2.10. The number of nitrogens with two attached hydrogens (primary N) is 1. The first-order valence-electron chi connectivity index (χ1n) is 5.86. The molecule has 1 aromatic carbocycles. The predicted molar refractivity (Wildman–Crippen MR) is 68.1 cm³/mol. The number of methoxy groups -OCH3 is 2. The minimum absolute atomic E-state index is 0.180. The summed E-state index contributed by atoms with van der Waals surface area (Å²) in [5.41, 5.74) is 6.50. The summed E-state index contributed by atoms with van der Waals surface area (Å²) in [7, 11) is 2.59.